The van der Waals surface area contributed by atoms with E-state index >= 15 is 0 Å². The highest BCUT2D eigenvalue weighted by Gasteiger charge is 2.51. The maximum atomic E-state index is 14.2. The van der Waals surface area contributed by atoms with Crippen LogP contribution in [0.15, 0.2) is 96.0 Å². The van der Waals surface area contributed by atoms with Crippen molar-refractivity contribution >= 4 is 41.5 Å². The molecule has 0 saturated carbocycles. The third kappa shape index (κ3) is 15.6. The molecule has 0 spiro atoms. The van der Waals surface area contributed by atoms with Gasteiger partial charge in [-0.1, -0.05) is 91.0 Å². The molecule has 61 heavy (non-hydrogen) atoms. The zero-order valence-electron chi connectivity index (χ0n) is 33.6. The molecule has 5 rings (SSSR count). The first-order chi connectivity index (χ1) is 29.1. The van der Waals surface area contributed by atoms with Crippen molar-refractivity contribution < 1.29 is 47.0 Å². The molecule has 0 aliphatic carbocycles. The van der Waals surface area contributed by atoms with Crippen LogP contribution in [0.3, 0.4) is 0 Å². The molecule has 0 bridgehead atoms. The summed E-state index contributed by atoms with van der Waals surface area (Å²) in [6.07, 6.45) is -0.664. The summed E-state index contributed by atoms with van der Waals surface area (Å²) in [5, 5.41) is 18.4. The minimum atomic E-state index is -5.08. The average molecular weight is 851 g/mol. The number of carboxylic acid groups (broad SMARTS) is 1. The van der Waals surface area contributed by atoms with E-state index in [1.165, 1.54) is 5.56 Å². The number of aliphatic carboxylic acids is 1. The van der Waals surface area contributed by atoms with Crippen LogP contribution in [0.25, 0.3) is 0 Å². The van der Waals surface area contributed by atoms with E-state index in [0.717, 1.165) is 24.0 Å². The molecular weight excluding hydrogens is 798 g/mol. The quantitative estimate of drug-likeness (QED) is 0.0565. The number of nitrogens with zero attached hydrogens (tertiary/aromatic N) is 2. The molecule has 3 aromatic rings. The van der Waals surface area contributed by atoms with Crippen LogP contribution in [0.1, 0.15) is 55.2 Å². The van der Waals surface area contributed by atoms with Gasteiger partial charge in [-0.25, -0.2) is 4.79 Å². The lowest BCUT2D eigenvalue weighted by molar-refractivity contribution is -0.192. The largest absolute Gasteiger partial charge is 0.490 e. The van der Waals surface area contributed by atoms with Crippen LogP contribution in [0.4, 0.5) is 13.2 Å². The monoisotopic (exact) mass is 850 g/mol. The molecule has 2 heterocycles. The number of hydrogen-bond donors (Lipinski definition) is 7. The van der Waals surface area contributed by atoms with Crippen molar-refractivity contribution in [1.29, 1.82) is 0 Å². The predicted molar refractivity (Wildman–Crippen MR) is 220 cm³/mol. The van der Waals surface area contributed by atoms with E-state index in [1.807, 2.05) is 91.0 Å². The van der Waals surface area contributed by atoms with Crippen molar-refractivity contribution in [3.05, 3.63) is 108 Å². The Hall–Kier alpha value is -6.46. The lowest BCUT2D eigenvalue weighted by Gasteiger charge is -2.39. The second-order valence-electron chi connectivity index (χ2n) is 14.8. The highest BCUT2D eigenvalue weighted by Crippen LogP contribution is 2.39. The number of guanidine groups is 1. The number of carbonyl (C=O) groups is 6. The van der Waals surface area contributed by atoms with Gasteiger partial charge in [-0.05, 0) is 74.0 Å². The van der Waals surface area contributed by atoms with Gasteiger partial charge in [0.25, 0.3) is 0 Å². The van der Waals surface area contributed by atoms with E-state index in [4.69, 9.17) is 21.4 Å². The van der Waals surface area contributed by atoms with Crippen molar-refractivity contribution in [3.8, 4) is 0 Å². The van der Waals surface area contributed by atoms with E-state index < -0.39 is 42.1 Å². The van der Waals surface area contributed by atoms with Crippen molar-refractivity contribution in [2.24, 2.45) is 22.4 Å². The number of alkyl halides is 3. The number of carbonyl (C=O) groups excluding carboxylic acids is 5. The fraction of sp³-hybridized carbons (Fsp3) is 0.419. The Morgan fingerprint density at radius 3 is 2.00 bits per heavy atom. The number of nitrogens with two attached hydrogens (primary N) is 2. The SMILES string of the molecule is NC(N)=NCCC[C@H](NC(=O)[C@@H]1C[C@@H](Cc2ccccc2)C2CC[C@@H](NC(=O)Cc3ccccc3)C(=O)N21)C(=O)NCC(=O)NCCCc1ccccc1.O=C(O)C(F)(F)F. The Labute approximate surface area is 351 Å². The van der Waals surface area contributed by atoms with Gasteiger partial charge in [0, 0.05) is 19.1 Å². The van der Waals surface area contributed by atoms with Crippen LogP contribution in [0.2, 0.25) is 0 Å². The Morgan fingerprint density at radius 2 is 1.41 bits per heavy atom. The summed E-state index contributed by atoms with van der Waals surface area (Å²) < 4.78 is 31.7. The molecule has 5 amide bonds. The van der Waals surface area contributed by atoms with Gasteiger partial charge in [0.05, 0.1) is 13.0 Å². The fourth-order valence-electron chi connectivity index (χ4n) is 7.44. The maximum absolute atomic E-state index is 14.2. The average Bonchev–Trinajstić information content (AvgIpc) is 3.60. The first-order valence-corrected chi connectivity index (χ1v) is 20.1. The van der Waals surface area contributed by atoms with Crippen LogP contribution in [-0.4, -0.2) is 101 Å². The van der Waals surface area contributed by atoms with Crippen molar-refractivity contribution in [1.82, 2.24) is 26.2 Å². The number of nitrogens with one attached hydrogen (secondary N) is 4. The predicted octanol–water partition coefficient (Wildman–Crippen LogP) is 2.37. The number of piperidine rings is 1. The number of hydrogen-bond acceptors (Lipinski definition) is 7. The van der Waals surface area contributed by atoms with Gasteiger partial charge in [-0.3, -0.25) is 29.0 Å². The number of halogens is 3. The zero-order chi connectivity index (χ0) is 44.4. The molecule has 2 fully saturated rings. The van der Waals surface area contributed by atoms with Crippen molar-refractivity contribution in [3.63, 3.8) is 0 Å². The van der Waals surface area contributed by atoms with Gasteiger partial charge >= 0.3 is 12.1 Å². The van der Waals surface area contributed by atoms with Crippen LogP contribution in [-0.2, 0) is 48.0 Å². The molecule has 1 unspecified atom stereocenters. The molecule has 3 aromatic carbocycles. The van der Waals surface area contributed by atoms with Gasteiger partial charge in [0.1, 0.15) is 18.1 Å². The Bertz CT molecular complexity index is 1950. The van der Waals surface area contributed by atoms with Gasteiger partial charge in [-0.15, -0.1) is 0 Å². The number of rotatable bonds is 18. The van der Waals surface area contributed by atoms with Crippen LogP contribution < -0.4 is 32.7 Å². The zero-order valence-corrected chi connectivity index (χ0v) is 33.6. The minimum absolute atomic E-state index is 0.00667. The van der Waals surface area contributed by atoms with Gasteiger partial charge in [0.2, 0.25) is 29.5 Å². The number of aliphatic imine (C=N–C) groups is 1. The highest BCUT2D eigenvalue weighted by atomic mass is 19.4. The molecule has 15 nitrogen and oxygen atoms in total. The molecule has 2 aliphatic rings. The Balaban J connectivity index is 0.00000107. The number of aryl methyl sites for hydroxylation is 1. The topological polar surface area (TPSA) is 238 Å². The summed E-state index contributed by atoms with van der Waals surface area (Å²) >= 11 is 0. The van der Waals surface area contributed by atoms with E-state index in [2.05, 4.69) is 26.3 Å². The summed E-state index contributed by atoms with van der Waals surface area (Å²) in [5.41, 5.74) is 14.1. The summed E-state index contributed by atoms with van der Waals surface area (Å²) in [6, 6.07) is 26.4. The third-order valence-electron chi connectivity index (χ3n) is 10.3. The van der Waals surface area contributed by atoms with Crippen LogP contribution >= 0.6 is 0 Å². The molecule has 9 N–H and O–H groups in total. The standard InChI is InChI=1S/C41H52N8O5.C2HF3O2/c42-41(43)45-23-11-19-32(38(52)46-27-37(51)44-22-10-18-28-12-4-1-5-13-28)48-39(53)35-26-31(24-29-14-6-2-7-15-29)34-21-20-33(40(54)49(34)35)47-36(50)25-30-16-8-3-9-17-30;3-2(4,5)1(6)7/h1-9,12-17,31-35H,10-11,18-27H2,(H,44,51)(H,46,52)(H,47,50)(H,48,53)(H4,42,43,45);(H,6,7)/t31-,32+,33-,34?,35+;/m1./s1. The second-order valence-corrected chi connectivity index (χ2v) is 14.8. The lowest BCUT2D eigenvalue weighted by atomic mass is 9.86. The van der Waals surface area contributed by atoms with Crippen LogP contribution in [0, 0.1) is 5.92 Å². The van der Waals surface area contributed by atoms with E-state index in [9.17, 15) is 37.1 Å². The van der Waals surface area contributed by atoms with Gasteiger partial charge in [0.15, 0.2) is 5.96 Å². The fourth-order valence-corrected chi connectivity index (χ4v) is 7.44. The normalized spacial score (nSPS) is 18.6. The minimum Gasteiger partial charge on any atom is -0.475 e. The molecule has 18 heteroatoms. The maximum Gasteiger partial charge on any atom is 0.490 e. The molecule has 2 aliphatic heterocycles. The molecule has 0 aromatic heterocycles. The first kappa shape index (κ1) is 47.2. The Kier molecular flexibility index (Phi) is 18.1. The number of benzene rings is 3. The van der Waals surface area contributed by atoms with Crippen molar-refractivity contribution in [2.45, 2.75) is 88.1 Å². The van der Waals surface area contributed by atoms with Gasteiger partial charge in [-0.2, -0.15) is 13.2 Å². The summed E-state index contributed by atoms with van der Waals surface area (Å²) in [6.45, 7) is 0.431. The molecule has 5 atom stereocenters. The first-order valence-electron chi connectivity index (χ1n) is 20.1. The number of fused-ring (bicyclic) bond motifs is 1. The summed E-state index contributed by atoms with van der Waals surface area (Å²) in [4.78, 5) is 82.0. The van der Waals surface area contributed by atoms with E-state index in [-0.39, 0.29) is 61.6 Å². The molecule has 0 radical (unpaired) electrons. The molecule has 2 saturated heterocycles. The van der Waals surface area contributed by atoms with E-state index in [0.29, 0.717) is 38.6 Å². The molecule has 328 valence electrons. The van der Waals surface area contributed by atoms with Crippen LogP contribution in [0.5, 0.6) is 0 Å². The summed E-state index contributed by atoms with van der Waals surface area (Å²) in [7, 11) is 0. The van der Waals surface area contributed by atoms with Crippen molar-refractivity contribution in [2.75, 3.05) is 19.6 Å². The second kappa shape index (κ2) is 23.4. The highest BCUT2D eigenvalue weighted by molar-refractivity contribution is 5.96. The summed E-state index contributed by atoms with van der Waals surface area (Å²) in [5.74, 6) is -4.76. The lowest BCUT2D eigenvalue weighted by Crippen LogP contribution is -2.60. The molecular formula is C43H53F3N8O7. The third-order valence-corrected chi connectivity index (χ3v) is 10.3. The van der Waals surface area contributed by atoms with Gasteiger partial charge < -0.3 is 42.7 Å². The number of carboxylic acids is 1. The smallest absolute Gasteiger partial charge is 0.475 e. The van der Waals surface area contributed by atoms with E-state index in [1.54, 1.807) is 4.90 Å². The Morgan fingerprint density at radius 1 is 0.820 bits per heavy atom. The number of amides is 5.